The van der Waals surface area contributed by atoms with E-state index in [-0.39, 0.29) is 0 Å². The second kappa shape index (κ2) is 5.70. The number of aromatic amines is 1. The fourth-order valence-electron chi connectivity index (χ4n) is 3.19. The topological polar surface area (TPSA) is 72.3 Å². The molecule has 3 heterocycles. The van der Waals surface area contributed by atoms with Gasteiger partial charge in [0.15, 0.2) is 5.65 Å². The van der Waals surface area contributed by atoms with Crippen LogP contribution in [0.2, 0.25) is 0 Å². The van der Waals surface area contributed by atoms with E-state index in [0.717, 1.165) is 46.3 Å². The Bertz CT molecular complexity index is 1030. The van der Waals surface area contributed by atoms with E-state index in [4.69, 9.17) is 0 Å². The summed E-state index contributed by atoms with van der Waals surface area (Å²) < 4.78 is 1.80. The van der Waals surface area contributed by atoms with Crippen molar-refractivity contribution >= 4 is 22.1 Å². The van der Waals surface area contributed by atoms with Crippen molar-refractivity contribution in [1.29, 1.82) is 0 Å². The normalized spacial score (nSPS) is 11.6. The number of hydrogen-bond acceptors (Lipinski definition) is 4. The van der Waals surface area contributed by atoms with E-state index < -0.39 is 0 Å². The summed E-state index contributed by atoms with van der Waals surface area (Å²) in [4.78, 5) is 7.96. The molecule has 24 heavy (non-hydrogen) atoms. The van der Waals surface area contributed by atoms with Crippen molar-refractivity contribution in [2.24, 2.45) is 0 Å². The molecule has 0 saturated carbocycles. The van der Waals surface area contributed by atoms with Gasteiger partial charge in [0.25, 0.3) is 5.95 Å². The molecule has 0 fully saturated rings. The van der Waals surface area contributed by atoms with Crippen LogP contribution in [0.15, 0.2) is 24.3 Å². The van der Waals surface area contributed by atoms with Crippen molar-refractivity contribution in [2.45, 2.75) is 40.0 Å². The minimum absolute atomic E-state index is 0.511. The summed E-state index contributed by atoms with van der Waals surface area (Å²) in [6, 6.07) is 8.03. The molecule has 0 unspecified atom stereocenters. The molecule has 0 aliphatic rings. The zero-order valence-corrected chi connectivity index (χ0v) is 14.2. The quantitative estimate of drug-likeness (QED) is 0.623. The SMILES string of the molecule is CCCCc1c(C)nn(-c2nnc3c(n2)[nH]c2ccccc23)c1C. The van der Waals surface area contributed by atoms with Gasteiger partial charge in [-0.05, 0) is 38.3 Å². The van der Waals surface area contributed by atoms with E-state index in [9.17, 15) is 0 Å². The number of benzene rings is 1. The number of fused-ring (bicyclic) bond motifs is 3. The highest BCUT2D eigenvalue weighted by molar-refractivity contribution is 6.03. The second-order valence-corrected chi connectivity index (χ2v) is 6.14. The third-order valence-corrected chi connectivity index (χ3v) is 4.52. The summed E-state index contributed by atoms with van der Waals surface area (Å²) in [5.74, 6) is 0.511. The number of aromatic nitrogens is 6. The lowest BCUT2D eigenvalue weighted by Gasteiger charge is -2.03. The molecule has 1 aromatic carbocycles. The highest BCUT2D eigenvalue weighted by atomic mass is 15.4. The molecule has 6 heteroatoms. The molecule has 3 aromatic heterocycles. The maximum atomic E-state index is 4.65. The lowest BCUT2D eigenvalue weighted by atomic mass is 10.1. The Balaban J connectivity index is 1.83. The summed E-state index contributed by atoms with van der Waals surface area (Å²) in [7, 11) is 0. The molecule has 1 N–H and O–H groups in total. The molecule has 4 aromatic rings. The molecule has 122 valence electrons. The van der Waals surface area contributed by atoms with Gasteiger partial charge in [-0.25, -0.2) is 4.68 Å². The van der Waals surface area contributed by atoms with Gasteiger partial charge in [-0.1, -0.05) is 31.5 Å². The van der Waals surface area contributed by atoms with E-state index >= 15 is 0 Å². The van der Waals surface area contributed by atoms with E-state index in [1.54, 1.807) is 4.68 Å². The van der Waals surface area contributed by atoms with Crippen LogP contribution in [0.4, 0.5) is 0 Å². The molecule has 0 atom stereocenters. The number of para-hydroxylation sites is 1. The highest BCUT2D eigenvalue weighted by Crippen LogP contribution is 2.23. The van der Waals surface area contributed by atoms with Gasteiger partial charge in [-0.3, -0.25) is 0 Å². The van der Waals surface area contributed by atoms with Gasteiger partial charge in [0.05, 0.1) is 5.69 Å². The zero-order chi connectivity index (χ0) is 16.7. The van der Waals surface area contributed by atoms with Crippen molar-refractivity contribution in [3.8, 4) is 5.95 Å². The predicted molar refractivity (Wildman–Crippen MR) is 94.4 cm³/mol. The number of aryl methyl sites for hydroxylation is 1. The lowest BCUT2D eigenvalue weighted by Crippen LogP contribution is -2.06. The van der Waals surface area contributed by atoms with Gasteiger partial charge in [0, 0.05) is 16.6 Å². The lowest BCUT2D eigenvalue weighted by molar-refractivity contribution is 0.752. The van der Waals surface area contributed by atoms with Crippen molar-refractivity contribution in [3.05, 3.63) is 41.2 Å². The van der Waals surface area contributed by atoms with Crippen LogP contribution in [0, 0.1) is 13.8 Å². The second-order valence-electron chi connectivity index (χ2n) is 6.14. The first-order valence-corrected chi connectivity index (χ1v) is 8.35. The largest absolute Gasteiger partial charge is 0.338 e. The smallest absolute Gasteiger partial charge is 0.272 e. The first kappa shape index (κ1) is 14.8. The van der Waals surface area contributed by atoms with Crippen LogP contribution in [0.5, 0.6) is 0 Å². The van der Waals surface area contributed by atoms with Gasteiger partial charge in [-0.15, -0.1) is 10.2 Å². The maximum Gasteiger partial charge on any atom is 0.272 e. The van der Waals surface area contributed by atoms with Crippen molar-refractivity contribution in [2.75, 3.05) is 0 Å². The Morgan fingerprint density at radius 1 is 1.12 bits per heavy atom. The van der Waals surface area contributed by atoms with E-state index in [1.807, 2.05) is 31.2 Å². The Labute approximate surface area is 139 Å². The summed E-state index contributed by atoms with van der Waals surface area (Å²) in [5, 5.41) is 14.4. The van der Waals surface area contributed by atoms with Crippen molar-refractivity contribution in [1.82, 2.24) is 29.9 Å². The summed E-state index contributed by atoms with van der Waals surface area (Å²) >= 11 is 0. The molecule has 0 bridgehead atoms. The zero-order valence-electron chi connectivity index (χ0n) is 14.2. The van der Waals surface area contributed by atoms with Crippen LogP contribution in [-0.2, 0) is 6.42 Å². The molecule has 6 nitrogen and oxygen atoms in total. The third-order valence-electron chi connectivity index (χ3n) is 4.52. The molecule has 0 spiro atoms. The Kier molecular flexibility index (Phi) is 3.52. The number of H-pyrrole nitrogens is 1. The van der Waals surface area contributed by atoms with Gasteiger partial charge in [0.1, 0.15) is 5.52 Å². The summed E-state index contributed by atoms with van der Waals surface area (Å²) in [6.07, 6.45) is 3.37. The first-order valence-electron chi connectivity index (χ1n) is 8.35. The molecule has 4 rings (SSSR count). The van der Waals surface area contributed by atoms with Crippen molar-refractivity contribution in [3.63, 3.8) is 0 Å². The Morgan fingerprint density at radius 2 is 1.96 bits per heavy atom. The van der Waals surface area contributed by atoms with Crippen molar-refractivity contribution < 1.29 is 0 Å². The number of rotatable bonds is 4. The first-order chi connectivity index (χ1) is 11.7. The highest BCUT2D eigenvalue weighted by Gasteiger charge is 2.16. The average Bonchev–Trinajstić information content (AvgIpc) is 3.10. The molecule has 0 radical (unpaired) electrons. The number of nitrogens with one attached hydrogen (secondary N) is 1. The van der Waals surface area contributed by atoms with Gasteiger partial charge in [0.2, 0.25) is 0 Å². The van der Waals surface area contributed by atoms with E-state index in [2.05, 4.69) is 39.1 Å². The predicted octanol–water partition coefficient (Wildman–Crippen LogP) is 3.65. The minimum Gasteiger partial charge on any atom is -0.338 e. The van der Waals surface area contributed by atoms with E-state index in [1.165, 1.54) is 12.0 Å². The number of hydrogen-bond donors (Lipinski definition) is 1. The molecule has 0 amide bonds. The monoisotopic (exact) mass is 320 g/mol. The summed E-state index contributed by atoms with van der Waals surface area (Å²) in [5.41, 5.74) is 5.98. The Hall–Kier alpha value is -2.76. The minimum atomic E-state index is 0.511. The number of nitrogens with zero attached hydrogens (tertiary/aromatic N) is 5. The molecule has 0 aliphatic heterocycles. The fraction of sp³-hybridized carbons (Fsp3) is 0.333. The molecule has 0 saturated heterocycles. The standard InChI is InChI=1S/C18H20N6/c1-4-5-8-13-11(2)23-24(12(13)3)18-20-17-16(21-22-18)14-9-6-7-10-15(14)19-17/h6-7,9-10H,4-5,8H2,1-3H3,(H,19,20,22). The van der Waals surface area contributed by atoms with E-state index in [0.29, 0.717) is 5.95 Å². The number of unbranched alkanes of at least 4 members (excludes halogenated alkanes) is 1. The van der Waals surface area contributed by atoms with Crippen LogP contribution >= 0.6 is 0 Å². The third kappa shape index (κ3) is 2.26. The van der Waals surface area contributed by atoms with Crippen LogP contribution in [0.25, 0.3) is 28.0 Å². The maximum absolute atomic E-state index is 4.65. The van der Waals surface area contributed by atoms with Gasteiger partial charge in [-0.2, -0.15) is 10.1 Å². The molecular weight excluding hydrogens is 300 g/mol. The Morgan fingerprint density at radius 3 is 2.79 bits per heavy atom. The summed E-state index contributed by atoms with van der Waals surface area (Å²) in [6.45, 7) is 6.32. The molecular formula is C18H20N6. The van der Waals surface area contributed by atoms with Crippen LogP contribution in [-0.4, -0.2) is 29.9 Å². The van der Waals surface area contributed by atoms with Gasteiger partial charge < -0.3 is 4.98 Å². The van der Waals surface area contributed by atoms with Crippen LogP contribution in [0.1, 0.15) is 36.7 Å². The van der Waals surface area contributed by atoms with Crippen LogP contribution < -0.4 is 0 Å². The van der Waals surface area contributed by atoms with Gasteiger partial charge >= 0.3 is 0 Å². The average molecular weight is 320 g/mol. The van der Waals surface area contributed by atoms with Crippen LogP contribution in [0.3, 0.4) is 0 Å². The fourth-order valence-corrected chi connectivity index (χ4v) is 3.19. The molecule has 0 aliphatic carbocycles.